The van der Waals surface area contributed by atoms with E-state index in [1.807, 2.05) is 19.9 Å². The average molecular weight is 431 g/mol. The van der Waals surface area contributed by atoms with Gasteiger partial charge in [0.2, 0.25) is 10.0 Å². The fourth-order valence-electron chi connectivity index (χ4n) is 3.70. The molecule has 0 radical (unpaired) electrons. The SMILES string of the molecule is C[C@H]1C[C@H](C)CN(S(=O)(=O)c2cccc(C(=O)OCc3ccc(C#N)cc3F)c2)C1. The van der Waals surface area contributed by atoms with E-state index in [0.29, 0.717) is 13.1 Å². The molecule has 1 heterocycles. The third-order valence-electron chi connectivity index (χ3n) is 5.08. The molecule has 0 N–H and O–H groups in total. The van der Waals surface area contributed by atoms with Crippen LogP contribution in [0.1, 0.15) is 41.8 Å². The second-order valence-electron chi connectivity index (χ2n) is 7.79. The third-order valence-corrected chi connectivity index (χ3v) is 6.91. The molecule has 1 saturated heterocycles. The van der Waals surface area contributed by atoms with E-state index in [1.54, 1.807) is 0 Å². The highest BCUT2D eigenvalue weighted by Crippen LogP contribution is 2.27. The Balaban J connectivity index is 1.74. The van der Waals surface area contributed by atoms with Crippen molar-refractivity contribution in [2.75, 3.05) is 13.1 Å². The van der Waals surface area contributed by atoms with Gasteiger partial charge in [-0.05, 0) is 48.6 Å². The number of ether oxygens (including phenoxy) is 1. The number of nitrogens with zero attached hydrogens (tertiary/aromatic N) is 2. The molecule has 1 fully saturated rings. The number of hydrogen-bond acceptors (Lipinski definition) is 5. The van der Waals surface area contributed by atoms with Gasteiger partial charge in [-0.1, -0.05) is 26.0 Å². The number of nitriles is 1. The lowest BCUT2D eigenvalue weighted by Crippen LogP contribution is -2.42. The van der Waals surface area contributed by atoms with Crippen molar-refractivity contribution in [2.45, 2.75) is 31.8 Å². The highest BCUT2D eigenvalue weighted by molar-refractivity contribution is 7.89. The molecule has 2 atom stereocenters. The van der Waals surface area contributed by atoms with Gasteiger partial charge in [0.1, 0.15) is 12.4 Å². The second kappa shape index (κ2) is 8.94. The quantitative estimate of drug-likeness (QED) is 0.675. The van der Waals surface area contributed by atoms with Gasteiger partial charge in [0.25, 0.3) is 0 Å². The van der Waals surface area contributed by atoms with E-state index in [0.717, 1.165) is 12.5 Å². The third kappa shape index (κ3) is 4.86. The zero-order valence-electron chi connectivity index (χ0n) is 16.8. The van der Waals surface area contributed by atoms with Gasteiger partial charge in [-0.3, -0.25) is 0 Å². The Morgan fingerprint density at radius 3 is 2.53 bits per heavy atom. The molecular weight excluding hydrogens is 407 g/mol. The lowest BCUT2D eigenvalue weighted by Gasteiger charge is -2.34. The van der Waals surface area contributed by atoms with Crippen LogP contribution < -0.4 is 0 Å². The number of rotatable bonds is 5. The van der Waals surface area contributed by atoms with Crippen molar-refractivity contribution in [3.8, 4) is 6.07 Å². The van der Waals surface area contributed by atoms with Crippen LogP contribution in [0.25, 0.3) is 0 Å². The molecule has 0 aliphatic carbocycles. The molecule has 8 heteroatoms. The van der Waals surface area contributed by atoms with Gasteiger partial charge in [0.05, 0.1) is 22.1 Å². The van der Waals surface area contributed by atoms with Crippen LogP contribution in [0.5, 0.6) is 0 Å². The van der Waals surface area contributed by atoms with Crippen molar-refractivity contribution < 1.29 is 22.3 Å². The molecule has 0 unspecified atom stereocenters. The number of esters is 1. The predicted octanol–water partition coefficient (Wildman–Crippen LogP) is 3.72. The summed E-state index contributed by atoms with van der Waals surface area (Å²) in [6, 6.07) is 11.4. The van der Waals surface area contributed by atoms with Crippen LogP contribution in [0.15, 0.2) is 47.4 Å². The molecule has 0 spiro atoms. The Bertz CT molecular complexity index is 1080. The first-order chi connectivity index (χ1) is 14.2. The smallest absolute Gasteiger partial charge is 0.338 e. The number of carbonyl (C=O) groups excluding carboxylic acids is 1. The van der Waals surface area contributed by atoms with Crippen molar-refractivity contribution in [3.63, 3.8) is 0 Å². The number of hydrogen-bond donors (Lipinski definition) is 0. The first-order valence-electron chi connectivity index (χ1n) is 9.66. The van der Waals surface area contributed by atoms with Crippen molar-refractivity contribution in [1.82, 2.24) is 4.31 Å². The molecular formula is C22H23FN2O4S. The van der Waals surface area contributed by atoms with Gasteiger partial charge in [0, 0.05) is 18.7 Å². The lowest BCUT2D eigenvalue weighted by atomic mass is 9.94. The molecule has 6 nitrogen and oxygen atoms in total. The molecule has 0 amide bonds. The lowest BCUT2D eigenvalue weighted by molar-refractivity contribution is 0.0468. The molecule has 30 heavy (non-hydrogen) atoms. The summed E-state index contributed by atoms with van der Waals surface area (Å²) in [6.45, 7) is 4.61. The second-order valence-corrected chi connectivity index (χ2v) is 9.73. The molecule has 158 valence electrons. The largest absolute Gasteiger partial charge is 0.457 e. The van der Waals surface area contributed by atoms with Gasteiger partial charge in [0.15, 0.2) is 0 Å². The maximum atomic E-state index is 14.0. The fourth-order valence-corrected chi connectivity index (χ4v) is 5.42. The van der Waals surface area contributed by atoms with Crippen LogP contribution in [0.3, 0.4) is 0 Å². The molecule has 2 aromatic carbocycles. The zero-order valence-corrected chi connectivity index (χ0v) is 17.7. The molecule has 1 aliphatic heterocycles. The van der Waals surface area contributed by atoms with Crippen molar-refractivity contribution in [2.24, 2.45) is 11.8 Å². The highest BCUT2D eigenvalue weighted by Gasteiger charge is 2.32. The number of carbonyl (C=O) groups is 1. The van der Waals surface area contributed by atoms with Gasteiger partial charge in [-0.25, -0.2) is 17.6 Å². The maximum Gasteiger partial charge on any atom is 0.338 e. The van der Waals surface area contributed by atoms with Crippen molar-refractivity contribution >= 4 is 16.0 Å². The van der Waals surface area contributed by atoms with E-state index in [-0.39, 0.29) is 40.0 Å². The summed E-state index contributed by atoms with van der Waals surface area (Å²) < 4.78 is 46.6. The van der Waals surface area contributed by atoms with Gasteiger partial charge < -0.3 is 4.74 Å². The fraction of sp³-hybridized carbons (Fsp3) is 0.364. The minimum absolute atomic E-state index is 0.0304. The Morgan fingerprint density at radius 1 is 1.20 bits per heavy atom. The van der Waals surface area contributed by atoms with E-state index in [2.05, 4.69) is 0 Å². The summed E-state index contributed by atoms with van der Waals surface area (Å²) in [6.07, 6.45) is 0.976. The van der Waals surface area contributed by atoms with Crippen LogP contribution in [0, 0.1) is 29.0 Å². The van der Waals surface area contributed by atoms with Crippen molar-refractivity contribution in [1.29, 1.82) is 5.26 Å². The van der Waals surface area contributed by atoms with Crippen molar-refractivity contribution in [3.05, 3.63) is 65.0 Å². The van der Waals surface area contributed by atoms with E-state index in [9.17, 15) is 17.6 Å². The molecule has 0 aromatic heterocycles. The Hall–Kier alpha value is -2.76. The average Bonchev–Trinajstić information content (AvgIpc) is 2.72. The predicted molar refractivity (Wildman–Crippen MR) is 108 cm³/mol. The summed E-state index contributed by atoms with van der Waals surface area (Å²) in [7, 11) is -3.73. The van der Waals surface area contributed by atoms with Crippen LogP contribution >= 0.6 is 0 Å². The summed E-state index contributed by atoms with van der Waals surface area (Å²) in [5.41, 5.74) is 0.368. The standard InChI is InChI=1S/C22H23FN2O4S/c1-15-8-16(2)13-25(12-15)30(27,28)20-5-3-4-18(10-20)22(26)29-14-19-7-6-17(11-24)9-21(19)23/h3-7,9-10,15-16H,8,12-14H2,1-2H3/t15-,16-/m0/s1. The van der Waals surface area contributed by atoms with Gasteiger partial charge >= 0.3 is 5.97 Å². The van der Waals surface area contributed by atoms with E-state index >= 15 is 0 Å². The highest BCUT2D eigenvalue weighted by atomic mass is 32.2. The van der Waals surface area contributed by atoms with Crippen LogP contribution in [0.4, 0.5) is 4.39 Å². The normalized spacial score (nSPS) is 19.8. The number of piperidine rings is 1. The minimum Gasteiger partial charge on any atom is -0.457 e. The van der Waals surface area contributed by atoms with E-state index in [1.165, 1.54) is 40.7 Å². The summed E-state index contributed by atoms with van der Waals surface area (Å²) in [4.78, 5) is 12.4. The first-order valence-corrected chi connectivity index (χ1v) is 11.1. The molecule has 2 aromatic rings. The van der Waals surface area contributed by atoms with Crippen LogP contribution in [-0.4, -0.2) is 31.8 Å². The number of halogens is 1. The monoisotopic (exact) mass is 430 g/mol. The van der Waals surface area contributed by atoms with Gasteiger partial charge in [-0.15, -0.1) is 0 Å². The summed E-state index contributed by atoms with van der Waals surface area (Å²) in [5.74, 6) is -0.874. The van der Waals surface area contributed by atoms with E-state index in [4.69, 9.17) is 10.00 Å². The Kier molecular flexibility index (Phi) is 6.54. The minimum atomic E-state index is -3.73. The molecule has 0 saturated carbocycles. The summed E-state index contributed by atoms with van der Waals surface area (Å²) >= 11 is 0. The Morgan fingerprint density at radius 2 is 1.90 bits per heavy atom. The molecule has 0 bridgehead atoms. The maximum absolute atomic E-state index is 14.0. The zero-order chi connectivity index (χ0) is 21.9. The Labute approximate surface area is 175 Å². The number of sulfonamides is 1. The van der Waals surface area contributed by atoms with Crippen LogP contribution in [-0.2, 0) is 21.4 Å². The first kappa shape index (κ1) is 21.9. The molecule has 1 aliphatic rings. The summed E-state index contributed by atoms with van der Waals surface area (Å²) in [5, 5.41) is 8.78. The number of benzene rings is 2. The van der Waals surface area contributed by atoms with Gasteiger partial charge in [-0.2, -0.15) is 9.57 Å². The molecule has 3 rings (SSSR count). The van der Waals surface area contributed by atoms with E-state index < -0.39 is 21.8 Å². The van der Waals surface area contributed by atoms with Crippen LogP contribution in [0.2, 0.25) is 0 Å². The topological polar surface area (TPSA) is 87.5 Å².